The van der Waals surface area contributed by atoms with Gasteiger partial charge in [0, 0.05) is 0 Å². The highest BCUT2D eigenvalue weighted by Crippen LogP contribution is 2.35. The molecule has 0 aromatic heterocycles. The second-order valence-electron chi connectivity index (χ2n) is 5.38. The molecule has 2 aromatic carbocycles. The number of carbonyl (C=O) groups is 1. The van der Waals surface area contributed by atoms with Crippen molar-refractivity contribution in [3.05, 3.63) is 69.3 Å². The first-order valence-corrected chi connectivity index (χ1v) is 9.05. The third kappa shape index (κ3) is 5.49. The minimum absolute atomic E-state index is 0.172. The summed E-state index contributed by atoms with van der Waals surface area (Å²) in [4.78, 5) is 12.1. The van der Waals surface area contributed by atoms with Crippen molar-refractivity contribution in [1.82, 2.24) is 0 Å². The first-order chi connectivity index (χ1) is 12.0. The second kappa shape index (κ2) is 9.46. The number of hydrogen-bond acceptors (Lipinski definition) is 4. The van der Waals surface area contributed by atoms with Crippen LogP contribution in [0.3, 0.4) is 0 Å². The quantitative estimate of drug-likeness (QED) is 0.324. The Morgan fingerprint density at radius 3 is 2.56 bits per heavy atom. The molecule has 0 bridgehead atoms. The molecule has 0 aliphatic carbocycles. The van der Waals surface area contributed by atoms with E-state index < -0.39 is 5.97 Å². The zero-order valence-corrected chi connectivity index (χ0v) is 16.5. The average molecular weight is 452 g/mol. The van der Waals surface area contributed by atoms with Gasteiger partial charge in [0.15, 0.2) is 11.5 Å². The molecule has 4 nitrogen and oxygen atoms in total. The Labute approximate surface area is 161 Å². The summed E-state index contributed by atoms with van der Waals surface area (Å²) in [6.07, 6.45) is 1.53. The summed E-state index contributed by atoms with van der Waals surface area (Å²) in [6.45, 7) is 8.55. The second-order valence-corrected chi connectivity index (χ2v) is 6.54. The highest BCUT2D eigenvalue weighted by molar-refractivity contribution is 14.1. The van der Waals surface area contributed by atoms with Crippen molar-refractivity contribution >= 4 is 28.6 Å². The van der Waals surface area contributed by atoms with E-state index in [0.29, 0.717) is 30.3 Å². The monoisotopic (exact) mass is 452 g/mol. The number of ether oxygens (including phenoxy) is 3. The van der Waals surface area contributed by atoms with E-state index in [1.54, 1.807) is 12.1 Å². The molecular weight excluding hydrogens is 431 g/mol. The number of benzene rings is 2. The molecule has 0 heterocycles. The van der Waals surface area contributed by atoms with E-state index in [1.165, 1.54) is 11.6 Å². The maximum atomic E-state index is 12.1. The van der Waals surface area contributed by atoms with Crippen molar-refractivity contribution in [2.45, 2.75) is 20.5 Å². The Balaban J connectivity index is 2.22. The molecule has 0 aliphatic rings. The van der Waals surface area contributed by atoms with Crippen LogP contribution in [-0.4, -0.2) is 19.2 Å². The van der Waals surface area contributed by atoms with Crippen molar-refractivity contribution < 1.29 is 19.0 Å². The lowest BCUT2D eigenvalue weighted by Gasteiger charge is -2.15. The van der Waals surface area contributed by atoms with Gasteiger partial charge in [-0.15, -0.1) is 0 Å². The van der Waals surface area contributed by atoms with Gasteiger partial charge in [-0.25, -0.2) is 4.79 Å². The zero-order chi connectivity index (χ0) is 18.2. The van der Waals surface area contributed by atoms with Gasteiger partial charge in [0.2, 0.25) is 0 Å². The molecule has 25 heavy (non-hydrogen) atoms. The van der Waals surface area contributed by atoms with E-state index in [4.69, 9.17) is 14.2 Å². The summed E-state index contributed by atoms with van der Waals surface area (Å²) in [6, 6.07) is 11.5. The van der Waals surface area contributed by atoms with Crippen LogP contribution in [0.4, 0.5) is 0 Å². The first-order valence-electron chi connectivity index (χ1n) is 7.97. The van der Waals surface area contributed by atoms with E-state index in [1.807, 2.05) is 38.1 Å². The lowest BCUT2D eigenvalue weighted by atomic mass is 10.1. The van der Waals surface area contributed by atoms with Gasteiger partial charge in [0.1, 0.15) is 13.2 Å². The number of carbonyl (C=O) groups excluding carboxylic acids is 1. The number of rotatable bonds is 8. The Morgan fingerprint density at radius 2 is 1.92 bits per heavy atom. The van der Waals surface area contributed by atoms with Crippen LogP contribution in [0.2, 0.25) is 0 Å². The fourth-order valence-corrected chi connectivity index (χ4v) is 2.90. The van der Waals surface area contributed by atoms with Gasteiger partial charge in [0.05, 0.1) is 15.7 Å². The molecule has 2 aromatic rings. The SMILES string of the molecule is C=CCOC(=O)c1cc(I)c(OCc2ccc(C)cc2)c(OCC)c1. The van der Waals surface area contributed by atoms with Gasteiger partial charge in [-0.1, -0.05) is 42.5 Å². The van der Waals surface area contributed by atoms with Gasteiger partial charge in [-0.2, -0.15) is 0 Å². The topological polar surface area (TPSA) is 44.8 Å². The summed E-state index contributed by atoms with van der Waals surface area (Å²) >= 11 is 2.14. The maximum Gasteiger partial charge on any atom is 0.338 e. The van der Waals surface area contributed by atoms with Crippen molar-refractivity contribution in [2.24, 2.45) is 0 Å². The third-order valence-corrected chi connectivity index (χ3v) is 4.18. The van der Waals surface area contributed by atoms with Crippen LogP contribution in [0.25, 0.3) is 0 Å². The van der Waals surface area contributed by atoms with E-state index in [-0.39, 0.29) is 6.61 Å². The molecule has 0 saturated carbocycles. The maximum absolute atomic E-state index is 12.1. The number of halogens is 1. The molecule has 0 radical (unpaired) electrons. The lowest BCUT2D eigenvalue weighted by molar-refractivity contribution is 0.0549. The average Bonchev–Trinajstić information content (AvgIpc) is 2.60. The molecule has 2 rings (SSSR count). The van der Waals surface area contributed by atoms with Gasteiger partial charge >= 0.3 is 5.97 Å². The molecule has 0 aliphatic heterocycles. The molecule has 0 unspecified atom stereocenters. The van der Waals surface area contributed by atoms with E-state index in [2.05, 4.69) is 29.2 Å². The predicted octanol–water partition coefficient (Wildman–Crippen LogP) is 4.92. The van der Waals surface area contributed by atoms with Crippen LogP contribution in [-0.2, 0) is 11.3 Å². The van der Waals surface area contributed by atoms with Crippen molar-refractivity contribution in [3.8, 4) is 11.5 Å². The summed E-state index contributed by atoms with van der Waals surface area (Å²) in [7, 11) is 0. The zero-order valence-electron chi connectivity index (χ0n) is 14.4. The largest absolute Gasteiger partial charge is 0.490 e. The Hall–Kier alpha value is -2.02. The van der Waals surface area contributed by atoms with Gasteiger partial charge in [-0.05, 0) is 54.1 Å². The highest BCUT2D eigenvalue weighted by Gasteiger charge is 2.17. The molecule has 0 saturated heterocycles. The Bertz CT molecular complexity index is 738. The third-order valence-electron chi connectivity index (χ3n) is 3.38. The Morgan fingerprint density at radius 1 is 1.20 bits per heavy atom. The summed E-state index contributed by atoms with van der Waals surface area (Å²) in [5, 5.41) is 0. The highest BCUT2D eigenvalue weighted by atomic mass is 127. The van der Waals surface area contributed by atoms with Crippen LogP contribution < -0.4 is 9.47 Å². The van der Waals surface area contributed by atoms with Crippen LogP contribution in [0, 0.1) is 10.5 Å². The number of hydrogen-bond donors (Lipinski definition) is 0. The number of esters is 1. The molecule has 0 fully saturated rings. The Kier molecular flexibility index (Phi) is 7.31. The minimum atomic E-state index is -0.413. The molecule has 132 valence electrons. The van der Waals surface area contributed by atoms with Gasteiger partial charge < -0.3 is 14.2 Å². The van der Waals surface area contributed by atoms with Crippen molar-refractivity contribution in [1.29, 1.82) is 0 Å². The molecule has 0 atom stereocenters. The predicted molar refractivity (Wildman–Crippen MR) is 106 cm³/mol. The molecule has 0 spiro atoms. The molecule has 0 amide bonds. The van der Waals surface area contributed by atoms with Gasteiger partial charge in [0.25, 0.3) is 0 Å². The fourth-order valence-electron chi connectivity index (χ4n) is 2.15. The standard InChI is InChI=1S/C20H21IO4/c1-4-10-24-20(22)16-11-17(21)19(18(12-16)23-5-2)25-13-15-8-6-14(3)7-9-15/h4,6-9,11-12H,1,5,10,13H2,2-3H3. The summed E-state index contributed by atoms with van der Waals surface area (Å²) in [5.74, 6) is 0.749. The van der Waals surface area contributed by atoms with Crippen LogP contribution in [0.1, 0.15) is 28.4 Å². The van der Waals surface area contributed by atoms with Gasteiger partial charge in [-0.3, -0.25) is 0 Å². The molecule has 5 heteroatoms. The fraction of sp³-hybridized carbons (Fsp3) is 0.250. The molecule has 0 N–H and O–H groups in total. The summed E-state index contributed by atoms with van der Waals surface area (Å²) < 4.78 is 17.5. The number of aryl methyl sites for hydroxylation is 1. The van der Waals surface area contributed by atoms with Crippen molar-refractivity contribution in [2.75, 3.05) is 13.2 Å². The normalized spacial score (nSPS) is 10.2. The van der Waals surface area contributed by atoms with Crippen LogP contribution >= 0.6 is 22.6 Å². The minimum Gasteiger partial charge on any atom is -0.490 e. The van der Waals surface area contributed by atoms with E-state index >= 15 is 0 Å². The van der Waals surface area contributed by atoms with Crippen LogP contribution in [0.5, 0.6) is 11.5 Å². The van der Waals surface area contributed by atoms with E-state index in [9.17, 15) is 4.79 Å². The smallest absolute Gasteiger partial charge is 0.338 e. The molecular formula is C20H21IO4. The van der Waals surface area contributed by atoms with E-state index in [0.717, 1.165) is 9.13 Å². The van der Waals surface area contributed by atoms with Crippen LogP contribution in [0.15, 0.2) is 49.1 Å². The lowest BCUT2D eigenvalue weighted by Crippen LogP contribution is -2.08. The van der Waals surface area contributed by atoms with Crippen molar-refractivity contribution in [3.63, 3.8) is 0 Å². The first kappa shape index (κ1) is 19.3. The summed E-state index contributed by atoms with van der Waals surface area (Å²) in [5.41, 5.74) is 2.70.